The molecule has 1 N–H and O–H groups in total. The van der Waals surface area contributed by atoms with E-state index >= 15 is 0 Å². The Bertz CT molecular complexity index is 563. The number of rotatable bonds is 4. The molecule has 1 aliphatic rings. The van der Waals surface area contributed by atoms with E-state index in [4.69, 9.17) is 21.1 Å². The minimum Gasteiger partial charge on any atom is -0.425 e. The largest absolute Gasteiger partial charge is 0.425 e. The molecule has 6 heteroatoms. The van der Waals surface area contributed by atoms with Gasteiger partial charge in [-0.15, -0.1) is 0 Å². The molecule has 0 spiro atoms. The Balaban J connectivity index is 2.12. The maximum atomic E-state index is 11.6. The predicted octanol–water partition coefficient (Wildman–Crippen LogP) is 4.26. The van der Waals surface area contributed by atoms with Crippen LogP contribution in [-0.2, 0) is 14.3 Å². The van der Waals surface area contributed by atoms with E-state index in [1.165, 1.54) is 0 Å². The van der Waals surface area contributed by atoms with E-state index in [1.54, 1.807) is 0 Å². The van der Waals surface area contributed by atoms with Gasteiger partial charge in [-0.25, -0.2) is 4.79 Å². The smallest absolute Gasteiger partial charge is 0.354 e. The molecule has 1 unspecified atom stereocenters. The van der Waals surface area contributed by atoms with Gasteiger partial charge in [-0.2, -0.15) is 0 Å². The zero-order valence-corrected chi connectivity index (χ0v) is 14.4. The number of carbonyl (C=O) groups is 1. The number of halogens is 2. The summed E-state index contributed by atoms with van der Waals surface area (Å²) in [6.45, 7) is 6.56. The lowest BCUT2D eigenvalue weighted by Crippen LogP contribution is -2.25. The Morgan fingerprint density at radius 2 is 1.95 bits per heavy atom. The second kappa shape index (κ2) is 6.38. The third kappa shape index (κ3) is 4.46. The summed E-state index contributed by atoms with van der Waals surface area (Å²) in [5, 5.41) is 3.12. The first-order valence-electron chi connectivity index (χ1n) is 6.51. The number of esters is 1. The van der Waals surface area contributed by atoms with E-state index in [1.807, 2.05) is 45.0 Å². The van der Waals surface area contributed by atoms with E-state index < -0.39 is 12.3 Å². The second-order valence-electron chi connectivity index (χ2n) is 5.97. The number of nitrogens with one attached hydrogen (secondary N) is 1. The van der Waals surface area contributed by atoms with Gasteiger partial charge in [-0.3, -0.25) is 0 Å². The van der Waals surface area contributed by atoms with Gasteiger partial charge in [0.25, 0.3) is 0 Å². The normalized spacial score (nSPS) is 18.9. The molecule has 0 fully saturated rings. The first kappa shape index (κ1) is 16.3. The van der Waals surface area contributed by atoms with E-state index in [0.717, 1.165) is 10.2 Å². The van der Waals surface area contributed by atoms with Crippen LogP contribution in [0.2, 0.25) is 0 Å². The lowest BCUT2D eigenvalue weighted by atomic mass is 9.99. The van der Waals surface area contributed by atoms with Crippen molar-refractivity contribution in [2.24, 2.45) is 5.41 Å². The van der Waals surface area contributed by atoms with Gasteiger partial charge in [0.1, 0.15) is 5.70 Å². The van der Waals surface area contributed by atoms with E-state index in [9.17, 15) is 4.79 Å². The summed E-state index contributed by atoms with van der Waals surface area (Å²) in [7, 11) is 0. The monoisotopic (exact) mass is 373 g/mol. The lowest BCUT2D eigenvalue weighted by molar-refractivity contribution is -0.163. The van der Waals surface area contributed by atoms with Crippen LogP contribution in [0.4, 0.5) is 5.69 Å². The van der Waals surface area contributed by atoms with Gasteiger partial charge >= 0.3 is 5.97 Å². The summed E-state index contributed by atoms with van der Waals surface area (Å²) in [6, 6.07) is 7.51. The maximum absolute atomic E-state index is 11.6. The highest BCUT2D eigenvalue weighted by Crippen LogP contribution is 2.29. The minimum absolute atomic E-state index is 0.0248. The Labute approximate surface area is 137 Å². The molecule has 114 valence electrons. The molecule has 1 aromatic rings. The highest BCUT2D eigenvalue weighted by Gasteiger charge is 2.35. The summed E-state index contributed by atoms with van der Waals surface area (Å²) in [5.41, 5.74) is 1.20. The van der Waals surface area contributed by atoms with Crippen LogP contribution in [0.1, 0.15) is 20.8 Å². The number of hydrogen-bond donors (Lipinski definition) is 1. The lowest BCUT2D eigenvalue weighted by Gasteiger charge is -2.22. The first-order chi connectivity index (χ1) is 9.76. The van der Waals surface area contributed by atoms with Crippen LogP contribution in [0.15, 0.2) is 39.5 Å². The molecule has 0 amide bonds. The van der Waals surface area contributed by atoms with Crippen LogP contribution < -0.4 is 5.32 Å². The Morgan fingerprint density at radius 3 is 2.52 bits per heavy atom. The molecule has 1 atom stereocenters. The van der Waals surface area contributed by atoms with Crippen LogP contribution >= 0.6 is 27.5 Å². The van der Waals surface area contributed by atoms with E-state index in [0.29, 0.717) is 12.3 Å². The Morgan fingerprint density at radius 1 is 1.33 bits per heavy atom. The van der Waals surface area contributed by atoms with Gasteiger partial charge in [0.2, 0.25) is 6.29 Å². The van der Waals surface area contributed by atoms with Crippen molar-refractivity contribution in [3.8, 4) is 0 Å². The molecule has 0 saturated heterocycles. The number of carbonyl (C=O) groups excluding carboxylic acids is 1. The fraction of sp³-hybridized carbons (Fsp3) is 0.400. The van der Waals surface area contributed by atoms with Crippen molar-refractivity contribution in [3.63, 3.8) is 0 Å². The van der Waals surface area contributed by atoms with E-state index in [-0.39, 0.29) is 10.4 Å². The number of ether oxygens (including phenoxy) is 2. The average Bonchev–Trinajstić information content (AvgIpc) is 2.66. The van der Waals surface area contributed by atoms with Crippen molar-refractivity contribution in [2.45, 2.75) is 27.1 Å². The molecule has 2 rings (SSSR count). The topological polar surface area (TPSA) is 47.6 Å². The molecular formula is C15H17BrClNO3. The fourth-order valence-electron chi connectivity index (χ4n) is 1.67. The Hall–Kier alpha value is -1.04. The van der Waals surface area contributed by atoms with Crippen LogP contribution in [0.5, 0.6) is 0 Å². The zero-order valence-electron chi connectivity index (χ0n) is 12.1. The molecule has 0 bridgehead atoms. The Kier molecular flexibility index (Phi) is 4.96. The molecule has 1 aliphatic heterocycles. The van der Waals surface area contributed by atoms with Crippen molar-refractivity contribution in [2.75, 3.05) is 11.9 Å². The van der Waals surface area contributed by atoms with Crippen LogP contribution in [0, 0.1) is 5.41 Å². The van der Waals surface area contributed by atoms with Crippen molar-refractivity contribution in [1.29, 1.82) is 0 Å². The number of anilines is 1. The van der Waals surface area contributed by atoms with Gasteiger partial charge in [-0.1, -0.05) is 48.3 Å². The summed E-state index contributed by atoms with van der Waals surface area (Å²) < 4.78 is 11.8. The fourth-order valence-corrected chi connectivity index (χ4v) is 2.11. The van der Waals surface area contributed by atoms with Crippen LogP contribution in [0.3, 0.4) is 0 Å². The number of hydrogen-bond acceptors (Lipinski definition) is 4. The van der Waals surface area contributed by atoms with Crippen molar-refractivity contribution < 1.29 is 14.3 Å². The first-order valence-corrected chi connectivity index (χ1v) is 7.68. The molecule has 4 nitrogen and oxygen atoms in total. The van der Waals surface area contributed by atoms with Gasteiger partial charge in [-0.05, 0) is 29.7 Å². The quantitative estimate of drug-likeness (QED) is 0.800. The second-order valence-corrected chi connectivity index (χ2v) is 7.26. The third-order valence-electron chi connectivity index (χ3n) is 2.66. The molecular weight excluding hydrogens is 358 g/mol. The number of cyclic esters (lactones) is 1. The summed E-state index contributed by atoms with van der Waals surface area (Å²) in [5.74, 6) is -0.574. The molecule has 0 aromatic heterocycles. The molecule has 1 heterocycles. The molecule has 21 heavy (non-hydrogen) atoms. The summed E-state index contributed by atoms with van der Waals surface area (Å²) >= 11 is 9.38. The van der Waals surface area contributed by atoms with E-state index in [2.05, 4.69) is 21.2 Å². The predicted molar refractivity (Wildman–Crippen MR) is 85.9 cm³/mol. The number of benzene rings is 1. The van der Waals surface area contributed by atoms with Gasteiger partial charge < -0.3 is 14.8 Å². The molecule has 0 saturated carbocycles. The van der Waals surface area contributed by atoms with Crippen molar-refractivity contribution in [1.82, 2.24) is 0 Å². The maximum Gasteiger partial charge on any atom is 0.354 e. The minimum atomic E-state index is -0.798. The van der Waals surface area contributed by atoms with Crippen molar-refractivity contribution in [3.05, 3.63) is 39.5 Å². The summed E-state index contributed by atoms with van der Waals surface area (Å²) in [6.07, 6.45) is -0.798. The molecule has 1 aromatic carbocycles. The van der Waals surface area contributed by atoms with Crippen molar-refractivity contribution >= 4 is 39.2 Å². The van der Waals surface area contributed by atoms with Gasteiger partial charge in [0.05, 0.1) is 6.61 Å². The third-order valence-corrected chi connectivity index (χ3v) is 3.54. The van der Waals surface area contributed by atoms with Gasteiger partial charge in [0.15, 0.2) is 5.03 Å². The SMILES string of the molecule is CC(C)(C)COC1OC(=O)C(Cl)=C1Nc1ccc(Br)cc1. The standard InChI is InChI=1S/C15H17BrClNO3/c1-15(2,3)8-20-14-12(11(17)13(19)21-14)18-10-6-4-9(16)5-7-10/h4-7,14,18H,8H2,1-3H3. The highest BCUT2D eigenvalue weighted by molar-refractivity contribution is 9.10. The molecule has 0 radical (unpaired) electrons. The van der Waals surface area contributed by atoms with Gasteiger partial charge in [0, 0.05) is 10.2 Å². The average molecular weight is 375 g/mol. The van der Waals surface area contributed by atoms with Crippen LogP contribution in [0.25, 0.3) is 0 Å². The molecule has 0 aliphatic carbocycles. The zero-order chi connectivity index (χ0) is 15.6. The van der Waals surface area contributed by atoms with Crippen LogP contribution in [-0.4, -0.2) is 18.9 Å². The highest BCUT2D eigenvalue weighted by atomic mass is 79.9. The summed E-state index contributed by atoms with van der Waals surface area (Å²) in [4.78, 5) is 11.6.